The smallest absolute Gasteiger partial charge is 0.358 e. The van der Waals surface area contributed by atoms with E-state index in [1.165, 1.54) is 6.07 Å². The van der Waals surface area contributed by atoms with Crippen molar-refractivity contribution in [1.29, 1.82) is 0 Å². The van der Waals surface area contributed by atoms with E-state index in [-0.39, 0.29) is 12.3 Å². The Morgan fingerprint density at radius 1 is 1.62 bits per heavy atom. The molecule has 1 aromatic heterocycles. The number of aliphatic hydroxyl groups is 1. The van der Waals surface area contributed by atoms with Crippen LogP contribution in [0.25, 0.3) is 0 Å². The van der Waals surface area contributed by atoms with Crippen molar-refractivity contribution in [3.05, 3.63) is 17.5 Å². The molecule has 0 aromatic carbocycles. The number of carboxylic acid groups (broad SMARTS) is 1. The van der Waals surface area contributed by atoms with Crippen molar-refractivity contribution < 1.29 is 19.5 Å². The van der Waals surface area contributed by atoms with Gasteiger partial charge in [0.1, 0.15) is 0 Å². The van der Waals surface area contributed by atoms with Gasteiger partial charge >= 0.3 is 5.97 Å². The van der Waals surface area contributed by atoms with Gasteiger partial charge in [0, 0.05) is 19.2 Å². The van der Waals surface area contributed by atoms with E-state index in [1.54, 1.807) is 0 Å². The first-order valence-electron chi connectivity index (χ1n) is 5.19. The molecule has 0 unspecified atom stereocenters. The van der Waals surface area contributed by atoms with E-state index in [0.717, 1.165) is 13.1 Å². The molecule has 1 rings (SSSR count). The SMILES string of the molecule is CCN(CCCO)Cc1cc(C(=O)O)no1. The van der Waals surface area contributed by atoms with E-state index >= 15 is 0 Å². The predicted molar refractivity (Wildman–Crippen MR) is 56.1 cm³/mol. The zero-order valence-corrected chi connectivity index (χ0v) is 9.22. The number of rotatable bonds is 7. The summed E-state index contributed by atoms with van der Waals surface area (Å²) in [6.45, 7) is 4.20. The maximum Gasteiger partial charge on any atom is 0.358 e. The third-order valence-corrected chi connectivity index (χ3v) is 2.24. The summed E-state index contributed by atoms with van der Waals surface area (Å²) in [6, 6.07) is 1.42. The number of hydrogen-bond acceptors (Lipinski definition) is 5. The lowest BCUT2D eigenvalue weighted by atomic mass is 10.3. The first-order chi connectivity index (χ1) is 7.67. The molecule has 0 aliphatic heterocycles. The van der Waals surface area contributed by atoms with E-state index in [9.17, 15) is 4.79 Å². The first kappa shape index (κ1) is 12.7. The second-order valence-corrected chi connectivity index (χ2v) is 3.43. The molecule has 0 aliphatic rings. The van der Waals surface area contributed by atoms with Crippen LogP contribution in [0.15, 0.2) is 10.6 Å². The van der Waals surface area contributed by atoms with Gasteiger partial charge in [-0.2, -0.15) is 0 Å². The van der Waals surface area contributed by atoms with Crippen molar-refractivity contribution >= 4 is 5.97 Å². The summed E-state index contributed by atoms with van der Waals surface area (Å²) in [6.07, 6.45) is 0.688. The highest BCUT2D eigenvalue weighted by molar-refractivity contribution is 5.85. The maximum absolute atomic E-state index is 10.6. The van der Waals surface area contributed by atoms with Crippen LogP contribution in [-0.2, 0) is 6.54 Å². The highest BCUT2D eigenvalue weighted by atomic mass is 16.5. The number of aromatic carboxylic acids is 1. The van der Waals surface area contributed by atoms with Crippen molar-refractivity contribution in [2.75, 3.05) is 19.7 Å². The molecule has 16 heavy (non-hydrogen) atoms. The lowest BCUT2D eigenvalue weighted by molar-refractivity contribution is 0.0685. The van der Waals surface area contributed by atoms with Gasteiger partial charge in [0.05, 0.1) is 6.54 Å². The topological polar surface area (TPSA) is 86.8 Å². The normalized spacial score (nSPS) is 10.9. The third kappa shape index (κ3) is 3.63. The molecule has 0 saturated carbocycles. The summed E-state index contributed by atoms with van der Waals surface area (Å²) in [5.74, 6) is -0.564. The van der Waals surface area contributed by atoms with Crippen molar-refractivity contribution in [2.45, 2.75) is 19.9 Å². The molecule has 0 aliphatic carbocycles. The standard InChI is InChI=1S/C10H16N2O4/c1-2-12(4-3-5-13)7-8-6-9(10(14)15)11-16-8/h6,13H,2-5,7H2,1H3,(H,14,15). The van der Waals surface area contributed by atoms with Crippen molar-refractivity contribution in [1.82, 2.24) is 10.1 Å². The molecular formula is C10H16N2O4. The zero-order valence-electron chi connectivity index (χ0n) is 9.22. The monoisotopic (exact) mass is 228 g/mol. The summed E-state index contributed by atoms with van der Waals surface area (Å²) in [4.78, 5) is 12.6. The zero-order chi connectivity index (χ0) is 12.0. The van der Waals surface area contributed by atoms with Crippen LogP contribution < -0.4 is 0 Å². The molecule has 0 saturated heterocycles. The van der Waals surface area contributed by atoms with Gasteiger partial charge in [-0.3, -0.25) is 4.90 Å². The molecule has 0 radical (unpaired) electrons. The van der Waals surface area contributed by atoms with Crippen molar-refractivity contribution in [3.8, 4) is 0 Å². The van der Waals surface area contributed by atoms with Gasteiger partial charge in [-0.1, -0.05) is 12.1 Å². The van der Waals surface area contributed by atoms with Gasteiger partial charge in [0.25, 0.3) is 0 Å². The van der Waals surface area contributed by atoms with Gasteiger partial charge in [0.2, 0.25) is 0 Å². The molecule has 0 bridgehead atoms. The molecule has 0 fully saturated rings. The number of carbonyl (C=O) groups is 1. The Labute approximate surface area is 93.5 Å². The molecule has 0 amide bonds. The molecular weight excluding hydrogens is 212 g/mol. The average Bonchev–Trinajstić information content (AvgIpc) is 2.72. The molecule has 2 N–H and O–H groups in total. The summed E-state index contributed by atoms with van der Waals surface area (Å²) in [5.41, 5.74) is -0.0757. The molecule has 90 valence electrons. The third-order valence-electron chi connectivity index (χ3n) is 2.24. The van der Waals surface area contributed by atoms with E-state index in [2.05, 4.69) is 5.16 Å². The number of aromatic nitrogens is 1. The van der Waals surface area contributed by atoms with Crippen molar-refractivity contribution in [3.63, 3.8) is 0 Å². The van der Waals surface area contributed by atoms with Crippen LogP contribution in [0, 0.1) is 0 Å². The van der Waals surface area contributed by atoms with Crippen molar-refractivity contribution in [2.24, 2.45) is 0 Å². The Hall–Kier alpha value is -1.40. The van der Waals surface area contributed by atoms with Crippen LogP contribution in [-0.4, -0.2) is 45.9 Å². The number of hydrogen-bond donors (Lipinski definition) is 2. The van der Waals surface area contributed by atoms with Crippen LogP contribution >= 0.6 is 0 Å². The number of aliphatic hydroxyl groups excluding tert-OH is 1. The number of carboxylic acids is 1. The van der Waals surface area contributed by atoms with Gasteiger partial charge in [-0.15, -0.1) is 0 Å². The van der Waals surface area contributed by atoms with Crippen LogP contribution in [0.3, 0.4) is 0 Å². The highest BCUT2D eigenvalue weighted by Crippen LogP contribution is 2.07. The fourth-order valence-corrected chi connectivity index (χ4v) is 1.35. The van der Waals surface area contributed by atoms with Crippen LogP contribution in [0.4, 0.5) is 0 Å². The van der Waals surface area contributed by atoms with Crippen LogP contribution in [0.1, 0.15) is 29.6 Å². The van der Waals surface area contributed by atoms with Crippen LogP contribution in [0.2, 0.25) is 0 Å². The average molecular weight is 228 g/mol. The largest absolute Gasteiger partial charge is 0.476 e. The van der Waals surface area contributed by atoms with E-state index in [1.807, 2.05) is 11.8 Å². The molecule has 0 atom stereocenters. The van der Waals surface area contributed by atoms with Gasteiger partial charge in [0.15, 0.2) is 11.5 Å². The minimum atomic E-state index is -1.09. The summed E-state index contributed by atoms with van der Waals surface area (Å²) in [7, 11) is 0. The molecule has 1 aromatic rings. The fourth-order valence-electron chi connectivity index (χ4n) is 1.35. The Kier molecular flexibility index (Phi) is 4.94. The fraction of sp³-hybridized carbons (Fsp3) is 0.600. The van der Waals surface area contributed by atoms with Gasteiger partial charge in [-0.05, 0) is 13.0 Å². The second kappa shape index (κ2) is 6.24. The molecule has 1 heterocycles. The summed E-state index contributed by atoms with van der Waals surface area (Å²) >= 11 is 0. The summed E-state index contributed by atoms with van der Waals surface area (Å²) < 4.78 is 4.90. The molecule has 6 nitrogen and oxygen atoms in total. The van der Waals surface area contributed by atoms with Gasteiger partial charge in [-0.25, -0.2) is 4.79 Å². The van der Waals surface area contributed by atoms with E-state index in [0.29, 0.717) is 18.7 Å². The highest BCUT2D eigenvalue weighted by Gasteiger charge is 2.12. The second-order valence-electron chi connectivity index (χ2n) is 3.43. The Morgan fingerprint density at radius 2 is 2.38 bits per heavy atom. The predicted octanol–water partition coefficient (Wildman–Crippen LogP) is 0.577. The maximum atomic E-state index is 10.6. The van der Waals surface area contributed by atoms with E-state index < -0.39 is 5.97 Å². The Morgan fingerprint density at radius 3 is 2.88 bits per heavy atom. The number of nitrogens with zero attached hydrogens (tertiary/aromatic N) is 2. The Balaban J connectivity index is 2.52. The minimum Gasteiger partial charge on any atom is -0.476 e. The summed E-state index contributed by atoms with van der Waals surface area (Å²) in [5, 5.41) is 20.8. The first-order valence-corrected chi connectivity index (χ1v) is 5.19. The Bertz CT molecular complexity index is 337. The lowest BCUT2D eigenvalue weighted by Crippen LogP contribution is -2.24. The van der Waals surface area contributed by atoms with Gasteiger partial charge < -0.3 is 14.7 Å². The van der Waals surface area contributed by atoms with E-state index in [4.69, 9.17) is 14.7 Å². The van der Waals surface area contributed by atoms with Crippen LogP contribution in [0.5, 0.6) is 0 Å². The molecule has 0 spiro atoms. The lowest BCUT2D eigenvalue weighted by Gasteiger charge is -2.17. The quantitative estimate of drug-likeness (QED) is 0.709. The minimum absolute atomic E-state index is 0.0757. The molecule has 6 heteroatoms.